The quantitative estimate of drug-likeness (QED) is 0.453. The first kappa shape index (κ1) is 20.1. The molecule has 0 heterocycles. The second-order valence-electron chi connectivity index (χ2n) is 6.44. The van der Waals surface area contributed by atoms with Gasteiger partial charge in [0.2, 0.25) is 0 Å². The number of benzene rings is 2. The van der Waals surface area contributed by atoms with Crippen LogP contribution in [-0.2, 0) is 14.3 Å². The van der Waals surface area contributed by atoms with Gasteiger partial charge in [-0.05, 0) is 54.3 Å². The maximum atomic E-state index is 11.8. The zero-order chi connectivity index (χ0) is 19.8. The van der Waals surface area contributed by atoms with Gasteiger partial charge < -0.3 is 10.1 Å². The van der Waals surface area contributed by atoms with Gasteiger partial charge in [-0.2, -0.15) is 0 Å². The number of rotatable bonds is 7. The average molecular weight is 365 g/mol. The summed E-state index contributed by atoms with van der Waals surface area (Å²) in [6.45, 7) is 5.32. The van der Waals surface area contributed by atoms with Crippen molar-refractivity contribution in [2.24, 2.45) is 0 Å². The molecule has 1 N–H and O–H groups in total. The van der Waals surface area contributed by atoms with Gasteiger partial charge in [-0.25, -0.2) is 4.79 Å². The van der Waals surface area contributed by atoms with Crippen LogP contribution in [0.25, 0.3) is 6.08 Å². The van der Waals surface area contributed by atoms with Gasteiger partial charge in [-0.3, -0.25) is 9.59 Å². The smallest absolute Gasteiger partial charge is 0.331 e. The van der Waals surface area contributed by atoms with E-state index in [0.29, 0.717) is 17.2 Å². The number of hydrogen-bond acceptors (Lipinski definition) is 4. The molecule has 140 valence electrons. The molecule has 0 fully saturated rings. The first-order valence-corrected chi connectivity index (χ1v) is 8.71. The molecule has 0 unspecified atom stereocenters. The molecule has 0 aliphatic carbocycles. The highest BCUT2D eigenvalue weighted by molar-refractivity contribution is 5.96. The summed E-state index contributed by atoms with van der Waals surface area (Å²) in [4.78, 5) is 34.8. The monoisotopic (exact) mass is 365 g/mol. The summed E-state index contributed by atoms with van der Waals surface area (Å²) in [6.07, 6.45) is 2.93. The minimum Gasteiger partial charge on any atom is -0.452 e. The topological polar surface area (TPSA) is 72.5 Å². The van der Waals surface area contributed by atoms with Gasteiger partial charge in [0, 0.05) is 17.3 Å². The summed E-state index contributed by atoms with van der Waals surface area (Å²) >= 11 is 0. The SMILES string of the molecule is CC(=O)c1ccc(NC(=O)COC(=O)/C=C/c2ccc(C(C)C)cc2)cc1. The minimum absolute atomic E-state index is 0.0487. The Balaban J connectivity index is 1.80. The Kier molecular flexibility index (Phi) is 7.06. The summed E-state index contributed by atoms with van der Waals surface area (Å²) in [5, 5.41) is 2.60. The molecule has 0 radical (unpaired) electrons. The zero-order valence-electron chi connectivity index (χ0n) is 15.7. The maximum absolute atomic E-state index is 11.8. The van der Waals surface area contributed by atoms with Gasteiger partial charge >= 0.3 is 5.97 Å². The lowest BCUT2D eigenvalue weighted by atomic mass is 10.0. The van der Waals surface area contributed by atoms with E-state index in [9.17, 15) is 14.4 Å². The number of carbonyl (C=O) groups excluding carboxylic acids is 3. The minimum atomic E-state index is -0.593. The van der Waals surface area contributed by atoms with Crippen LogP contribution >= 0.6 is 0 Å². The number of carbonyl (C=O) groups is 3. The van der Waals surface area contributed by atoms with Gasteiger partial charge in [0.25, 0.3) is 5.91 Å². The Morgan fingerprint density at radius 1 is 1.00 bits per heavy atom. The van der Waals surface area contributed by atoms with Crippen molar-refractivity contribution >= 4 is 29.4 Å². The second kappa shape index (κ2) is 9.48. The maximum Gasteiger partial charge on any atom is 0.331 e. The van der Waals surface area contributed by atoms with Crippen molar-refractivity contribution in [3.63, 3.8) is 0 Å². The molecule has 2 aromatic rings. The van der Waals surface area contributed by atoms with E-state index in [1.165, 1.54) is 18.6 Å². The van der Waals surface area contributed by atoms with Crippen LogP contribution in [0.15, 0.2) is 54.6 Å². The van der Waals surface area contributed by atoms with E-state index in [0.717, 1.165) is 5.56 Å². The van der Waals surface area contributed by atoms with Gasteiger partial charge in [0.05, 0.1) is 0 Å². The van der Waals surface area contributed by atoms with Gasteiger partial charge in [0.15, 0.2) is 12.4 Å². The fourth-order valence-corrected chi connectivity index (χ4v) is 2.33. The number of amides is 1. The molecule has 0 saturated heterocycles. The van der Waals surface area contributed by atoms with Crippen LogP contribution in [0.1, 0.15) is 48.2 Å². The van der Waals surface area contributed by atoms with E-state index in [2.05, 4.69) is 19.2 Å². The number of esters is 1. The molecule has 2 aromatic carbocycles. The third kappa shape index (κ3) is 6.55. The van der Waals surface area contributed by atoms with E-state index in [4.69, 9.17) is 4.74 Å². The summed E-state index contributed by atoms with van der Waals surface area (Å²) in [5.74, 6) is -0.642. The number of Topliss-reactive ketones (excluding diaryl/α,β-unsaturated/α-hetero) is 1. The number of anilines is 1. The molecule has 27 heavy (non-hydrogen) atoms. The lowest BCUT2D eigenvalue weighted by Gasteiger charge is -2.06. The van der Waals surface area contributed by atoms with Gasteiger partial charge in [-0.15, -0.1) is 0 Å². The largest absolute Gasteiger partial charge is 0.452 e. The van der Waals surface area contributed by atoms with Crippen molar-refractivity contribution < 1.29 is 19.1 Å². The molecule has 5 heteroatoms. The molecule has 0 bridgehead atoms. The van der Waals surface area contributed by atoms with Crippen LogP contribution in [0.3, 0.4) is 0 Å². The Hall–Kier alpha value is -3.21. The van der Waals surface area contributed by atoms with Crippen LogP contribution in [0.2, 0.25) is 0 Å². The van der Waals surface area contributed by atoms with Crippen molar-refractivity contribution in [3.8, 4) is 0 Å². The molecule has 0 aliphatic rings. The summed E-state index contributed by atoms with van der Waals surface area (Å²) in [6, 6.07) is 14.4. The second-order valence-corrected chi connectivity index (χ2v) is 6.44. The van der Waals surface area contributed by atoms with E-state index in [1.54, 1.807) is 30.3 Å². The van der Waals surface area contributed by atoms with Crippen molar-refractivity contribution in [2.75, 3.05) is 11.9 Å². The molecule has 0 aliphatic heterocycles. The molecule has 0 atom stereocenters. The molecule has 5 nitrogen and oxygen atoms in total. The van der Waals surface area contributed by atoms with Crippen molar-refractivity contribution in [1.82, 2.24) is 0 Å². The molecule has 2 rings (SSSR count). The molecular weight excluding hydrogens is 342 g/mol. The first-order chi connectivity index (χ1) is 12.8. The van der Waals surface area contributed by atoms with Crippen LogP contribution in [-0.4, -0.2) is 24.3 Å². The number of ether oxygens (including phenoxy) is 1. The van der Waals surface area contributed by atoms with Crippen LogP contribution < -0.4 is 5.32 Å². The third-order valence-corrected chi connectivity index (χ3v) is 3.94. The Morgan fingerprint density at radius 3 is 2.19 bits per heavy atom. The molecular formula is C22H23NO4. The third-order valence-electron chi connectivity index (χ3n) is 3.94. The molecule has 0 aromatic heterocycles. The normalized spacial score (nSPS) is 10.8. The highest BCUT2D eigenvalue weighted by Crippen LogP contribution is 2.15. The molecule has 0 spiro atoms. The summed E-state index contributed by atoms with van der Waals surface area (Å²) in [7, 11) is 0. The highest BCUT2D eigenvalue weighted by Gasteiger charge is 2.06. The fraction of sp³-hybridized carbons (Fsp3) is 0.227. The van der Waals surface area contributed by atoms with Crippen LogP contribution in [0, 0.1) is 0 Å². The van der Waals surface area contributed by atoms with E-state index in [1.807, 2.05) is 24.3 Å². The fourth-order valence-electron chi connectivity index (χ4n) is 2.33. The number of hydrogen-bond donors (Lipinski definition) is 1. The van der Waals surface area contributed by atoms with E-state index in [-0.39, 0.29) is 12.4 Å². The lowest BCUT2D eigenvalue weighted by Crippen LogP contribution is -2.20. The predicted octanol–water partition coefficient (Wildman–Crippen LogP) is 4.21. The Bertz CT molecular complexity index is 834. The van der Waals surface area contributed by atoms with Gasteiger partial charge in [0.1, 0.15) is 0 Å². The summed E-state index contributed by atoms with van der Waals surface area (Å²) in [5.41, 5.74) is 3.20. The Labute approximate surface area is 159 Å². The number of ketones is 1. The van der Waals surface area contributed by atoms with Crippen molar-refractivity contribution in [1.29, 1.82) is 0 Å². The standard InChI is InChI=1S/C22H23NO4/c1-15(2)18-7-4-17(5-8-18)6-13-22(26)27-14-21(25)23-20-11-9-19(10-12-20)16(3)24/h4-13,15H,14H2,1-3H3,(H,23,25)/b13-6+. The van der Waals surface area contributed by atoms with E-state index >= 15 is 0 Å². The summed E-state index contributed by atoms with van der Waals surface area (Å²) < 4.78 is 4.93. The predicted molar refractivity (Wildman–Crippen MR) is 106 cm³/mol. The van der Waals surface area contributed by atoms with E-state index < -0.39 is 11.9 Å². The van der Waals surface area contributed by atoms with Gasteiger partial charge in [-0.1, -0.05) is 38.1 Å². The lowest BCUT2D eigenvalue weighted by molar-refractivity contribution is -0.142. The molecule has 1 amide bonds. The molecule has 0 saturated carbocycles. The number of nitrogens with one attached hydrogen (secondary N) is 1. The highest BCUT2D eigenvalue weighted by atomic mass is 16.5. The van der Waals surface area contributed by atoms with Crippen molar-refractivity contribution in [3.05, 3.63) is 71.3 Å². The van der Waals surface area contributed by atoms with Crippen LogP contribution in [0.4, 0.5) is 5.69 Å². The Morgan fingerprint density at radius 2 is 1.63 bits per heavy atom. The first-order valence-electron chi connectivity index (χ1n) is 8.71. The zero-order valence-corrected chi connectivity index (χ0v) is 15.7. The average Bonchev–Trinajstić information content (AvgIpc) is 2.65. The van der Waals surface area contributed by atoms with Crippen molar-refractivity contribution in [2.45, 2.75) is 26.7 Å². The van der Waals surface area contributed by atoms with Crippen LogP contribution in [0.5, 0.6) is 0 Å².